The van der Waals surface area contributed by atoms with Gasteiger partial charge in [-0.2, -0.15) is 0 Å². The zero-order chi connectivity index (χ0) is 26.8. The van der Waals surface area contributed by atoms with Crippen molar-refractivity contribution in [1.82, 2.24) is 30.1 Å². The summed E-state index contributed by atoms with van der Waals surface area (Å²) in [6, 6.07) is 20.2. The summed E-state index contributed by atoms with van der Waals surface area (Å²) in [5, 5.41) is 13.9. The van der Waals surface area contributed by atoms with Crippen LogP contribution in [0.1, 0.15) is 23.0 Å². The van der Waals surface area contributed by atoms with Crippen LogP contribution in [0.25, 0.3) is 10.2 Å². The van der Waals surface area contributed by atoms with Crippen LogP contribution in [0.3, 0.4) is 0 Å². The third-order valence-corrected chi connectivity index (χ3v) is 8.11. The largest absolute Gasteiger partial charge is 0.497 e. The molecule has 0 bridgehead atoms. The molecule has 1 fully saturated rings. The minimum Gasteiger partial charge on any atom is -0.497 e. The normalized spacial score (nSPS) is 14.6. The van der Waals surface area contributed by atoms with Crippen LogP contribution in [-0.2, 0) is 6.54 Å². The number of nitrogens with zero attached hydrogens (tertiary/aromatic N) is 7. The molecule has 1 atom stereocenters. The molecule has 1 aliphatic heterocycles. The molecule has 0 amide bonds. The standard InChI is InChI=1S/C28H28FN7O2S.ClH/c1-37-21-11-12-22(24(17-21)38-2)26(27-31-32-33-36(27)18-19-7-9-20(29)10-8-19)34-13-15-35(16-14-34)28-30-23-5-3-4-6-25(23)39-28;/h3-12,17,26H,13-16,18H2,1-2H3;1H. The number of hydrogen-bond donors (Lipinski definition) is 0. The molecule has 5 aromatic rings. The average Bonchev–Trinajstić information content (AvgIpc) is 3.62. The van der Waals surface area contributed by atoms with E-state index in [1.165, 1.54) is 16.8 Å². The second kappa shape index (κ2) is 12.2. The number of methoxy groups -OCH3 is 2. The van der Waals surface area contributed by atoms with Crippen LogP contribution < -0.4 is 14.4 Å². The maximum absolute atomic E-state index is 13.5. The van der Waals surface area contributed by atoms with Crippen LogP contribution in [-0.4, -0.2) is 70.5 Å². The number of halogens is 2. The smallest absolute Gasteiger partial charge is 0.186 e. The van der Waals surface area contributed by atoms with E-state index in [1.54, 1.807) is 42.4 Å². The lowest BCUT2D eigenvalue weighted by atomic mass is 10.0. The Morgan fingerprint density at radius 2 is 1.73 bits per heavy atom. The molecule has 0 spiro atoms. The van der Waals surface area contributed by atoms with Crippen LogP contribution in [0.15, 0.2) is 66.7 Å². The van der Waals surface area contributed by atoms with Crippen molar-refractivity contribution in [3.63, 3.8) is 0 Å². The molecule has 40 heavy (non-hydrogen) atoms. The highest BCUT2D eigenvalue weighted by atomic mass is 35.5. The number of benzene rings is 3. The summed E-state index contributed by atoms with van der Waals surface area (Å²) in [5.74, 6) is 1.82. The molecule has 2 aromatic heterocycles. The van der Waals surface area contributed by atoms with Gasteiger partial charge in [-0.05, 0) is 52.4 Å². The highest BCUT2D eigenvalue weighted by Crippen LogP contribution is 2.37. The van der Waals surface area contributed by atoms with Crippen molar-refractivity contribution in [2.45, 2.75) is 12.6 Å². The van der Waals surface area contributed by atoms with Crippen LogP contribution in [0, 0.1) is 5.82 Å². The number of hydrogen-bond acceptors (Lipinski definition) is 9. The zero-order valence-corrected chi connectivity index (χ0v) is 23.7. The van der Waals surface area contributed by atoms with Gasteiger partial charge in [-0.25, -0.2) is 14.1 Å². The van der Waals surface area contributed by atoms with Crippen molar-refractivity contribution in [1.29, 1.82) is 0 Å². The van der Waals surface area contributed by atoms with Crippen molar-refractivity contribution >= 4 is 39.1 Å². The van der Waals surface area contributed by atoms with Gasteiger partial charge in [0, 0.05) is 37.8 Å². The van der Waals surface area contributed by atoms with Gasteiger partial charge in [0.25, 0.3) is 0 Å². The summed E-state index contributed by atoms with van der Waals surface area (Å²) < 4.78 is 27.7. The fraction of sp³-hybridized carbons (Fsp3) is 0.286. The van der Waals surface area contributed by atoms with E-state index in [9.17, 15) is 4.39 Å². The van der Waals surface area contributed by atoms with E-state index >= 15 is 0 Å². The van der Waals surface area contributed by atoms with Gasteiger partial charge in [0.2, 0.25) is 0 Å². The molecule has 0 radical (unpaired) electrons. The predicted molar refractivity (Wildman–Crippen MR) is 155 cm³/mol. The van der Waals surface area contributed by atoms with Gasteiger partial charge in [-0.1, -0.05) is 35.6 Å². The molecule has 6 rings (SSSR count). The Hall–Kier alpha value is -3.80. The Morgan fingerprint density at radius 3 is 2.45 bits per heavy atom. The van der Waals surface area contributed by atoms with E-state index in [2.05, 4.69) is 37.5 Å². The number of rotatable bonds is 8. The molecule has 208 valence electrons. The molecule has 3 heterocycles. The fourth-order valence-electron chi connectivity index (χ4n) is 4.99. The molecule has 9 nitrogen and oxygen atoms in total. The first kappa shape index (κ1) is 27.8. The monoisotopic (exact) mass is 581 g/mol. The number of tetrazole rings is 1. The van der Waals surface area contributed by atoms with Crippen LogP contribution in [0.4, 0.5) is 9.52 Å². The first-order valence-electron chi connectivity index (χ1n) is 12.7. The molecule has 3 aromatic carbocycles. The van der Waals surface area contributed by atoms with Gasteiger partial charge in [-0.15, -0.1) is 17.5 Å². The summed E-state index contributed by atoms with van der Waals surface area (Å²) in [4.78, 5) is 9.57. The molecule has 0 aliphatic carbocycles. The zero-order valence-electron chi connectivity index (χ0n) is 22.1. The van der Waals surface area contributed by atoms with Gasteiger partial charge in [0.05, 0.1) is 31.0 Å². The van der Waals surface area contributed by atoms with Crippen molar-refractivity contribution < 1.29 is 13.9 Å². The SMILES string of the molecule is COc1ccc(C(c2nnnn2Cc2ccc(F)cc2)N2CCN(c3nc4ccccc4s3)CC2)c(OC)c1.Cl. The summed E-state index contributed by atoms with van der Waals surface area (Å²) >= 11 is 1.72. The third kappa shape index (κ3) is 5.58. The molecular weight excluding hydrogens is 553 g/mol. The number of aromatic nitrogens is 5. The third-order valence-electron chi connectivity index (χ3n) is 7.02. The van der Waals surface area contributed by atoms with E-state index < -0.39 is 0 Å². The summed E-state index contributed by atoms with van der Waals surface area (Å²) in [5.41, 5.74) is 2.88. The lowest BCUT2D eigenvalue weighted by molar-refractivity contribution is 0.198. The predicted octanol–water partition coefficient (Wildman–Crippen LogP) is 4.82. The Bertz CT molecular complexity index is 1540. The molecule has 12 heteroatoms. The Labute approximate surface area is 241 Å². The fourth-order valence-corrected chi connectivity index (χ4v) is 6.01. The molecule has 1 aliphatic rings. The minimum absolute atomic E-state index is 0. The van der Waals surface area contributed by atoms with Gasteiger partial charge in [-0.3, -0.25) is 4.90 Å². The van der Waals surface area contributed by atoms with Gasteiger partial charge in [0.1, 0.15) is 23.4 Å². The molecule has 0 N–H and O–H groups in total. The lowest BCUT2D eigenvalue weighted by Crippen LogP contribution is -2.48. The van der Waals surface area contributed by atoms with E-state index in [4.69, 9.17) is 14.5 Å². The van der Waals surface area contributed by atoms with Crippen molar-refractivity contribution in [3.05, 3.63) is 89.5 Å². The topological polar surface area (TPSA) is 81.4 Å². The summed E-state index contributed by atoms with van der Waals surface area (Å²) in [6.07, 6.45) is 0. The first-order chi connectivity index (χ1) is 19.1. The molecule has 1 unspecified atom stereocenters. The highest BCUT2D eigenvalue weighted by Gasteiger charge is 2.33. The number of ether oxygens (including phenoxy) is 2. The first-order valence-corrected chi connectivity index (χ1v) is 13.5. The second-order valence-corrected chi connectivity index (χ2v) is 10.3. The highest BCUT2D eigenvalue weighted by molar-refractivity contribution is 7.22. The maximum Gasteiger partial charge on any atom is 0.186 e. The van der Waals surface area contributed by atoms with Gasteiger partial charge in [0.15, 0.2) is 11.0 Å². The van der Waals surface area contributed by atoms with Gasteiger partial charge < -0.3 is 14.4 Å². The van der Waals surface area contributed by atoms with Crippen LogP contribution in [0.5, 0.6) is 11.5 Å². The Balaban J connectivity index is 0.00000323. The van der Waals surface area contributed by atoms with Crippen molar-refractivity contribution in [3.8, 4) is 11.5 Å². The average molecular weight is 582 g/mol. The number of para-hydroxylation sites is 1. The van der Waals surface area contributed by atoms with Crippen molar-refractivity contribution in [2.75, 3.05) is 45.3 Å². The van der Waals surface area contributed by atoms with E-state index in [0.29, 0.717) is 23.9 Å². The van der Waals surface area contributed by atoms with Crippen LogP contribution >= 0.6 is 23.7 Å². The summed E-state index contributed by atoms with van der Waals surface area (Å²) in [6.45, 7) is 3.60. The molecule has 1 saturated heterocycles. The van der Waals surface area contributed by atoms with Gasteiger partial charge >= 0.3 is 0 Å². The van der Waals surface area contributed by atoms with Crippen LogP contribution in [0.2, 0.25) is 0 Å². The van der Waals surface area contributed by atoms with E-state index in [0.717, 1.165) is 48.0 Å². The number of thiazole rings is 1. The maximum atomic E-state index is 13.5. The Kier molecular flexibility index (Phi) is 8.43. The number of anilines is 1. The number of piperazine rings is 1. The molecule has 0 saturated carbocycles. The number of fused-ring (bicyclic) bond motifs is 1. The molecular formula is C28H29ClFN7O2S. The minimum atomic E-state index is -0.275. The Morgan fingerprint density at radius 1 is 0.950 bits per heavy atom. The summed E-state index contributed by atoms with van der Waals surface area (Å²) in [7, 11) is 3.29. The lowest BCUT2D eigenvalue weighted by Gasteiger charge is -2.39. The second-order valence-electron chi connectivity index (χ2n) is 9.32. The van der Waals surface area contributed by atoms with E-state index in [-0.39, 0.29) is 24.3 Å². The van der Waals surface area contributed by atoms with Crippen molar-refractivity contribution in [2.24, 2.45) is 0 Å². The quantitative estimate of drug-likeness (QED) is 0.258. The van der Waals surface area contributed by atoms with E-state index in [1.807, 2.05) is 30.3 Å².